The Hall–Kier alpha value is -3.49. The van der Waals surface area contributed by atoms with E-state index < -0.39 is 34.9 Å². The zero-order valence-corrected chi connectivity index (χ0v) is 14.6. The summed E-state index contributed by atoms with van der Waals surface area (Å²) in [5, 5.41) is 10.9. The molecule has 0 radical (unpaired) electrons. The van der Waals surface area contributed by atoms with Gasteiger partial charge in [-0.15, -0.1) is 0 Å². The van der Waals surface area contributed by atoms with Crippen molar-refractivity contribution >= 4 is 23.3 Å². The van der Waals surface area contributed by atoms with Crippen molar-refractivity contribution < 1.29 is 23.6 Å². The van der Waals surface area contributed by atoms with Gasteiger partial charge in [-0.1, -0.05) is 12.1 Å². The minimum absolute atomic E-state index is 0.0834. The second-order valence-corrected chi connectivity index (χ2v) is 5.64. The standard InChI is InChI=1S/C18H18FN3O5/c1-2-21(10-12-4-3-5-14(19)8-12)17(23)11-27-18(24)13-6-7-15(20)16(9-13)22(25)26/h3-9H,2,10-11,20H2,1H3. The van der Waals surface area contributed by atoms with E-state index in [9.17, 15) is 24.1 Å². The van der Waals surface area contributed by atoms with Crippen LogP contribution in [0.4, 0.5) is 15.8 Å². The van der Waals surface area contributed by atoms with Gasteiger partial charge in [0, 0.05) is 19.2 Å². The molecule has 0 aliphatic rings. The van der Waals surface area contributed by atoms with Gasteiger partial charge in [0.25, 0.3) is 11.6 Å². The van der Waals surface area contributed by atoms with Crippen LogP contribution in [0.5, 0.6) is 0 Å². The number of benzene rings is 2. The molecule has 0 saturated heterocycles. The van der Waals surface area contributed by atoms with E-state index in [-0.39, 0.29) is 17.8 Å². The predicted octanol–water partition coefficient (Wildman–Crippen LogP) is 2.52. The minimum atomic E-state index is -0.881. The molecule has 0 saturated carbocycles. The first-order chi connectivity index (χ1) is 12.8. The molecule has 0 aromatic heterocycles. The van der Waals surface area contributed by atoms with Crippen LogP contribution in [-0.2, 0) is 16.1 Å². The molecule has 2 aromatic carbocycles. The Bertz CT molecular complexity index is 872. The quantitative estimate of drug-likeness (QED) is 0.344. The fraction of sp³-hybridized carbons (Fsp3) is 0.222. The van der Waals surface area contributed by atoms with Gasteiger partial charge in [0.05, 0.1) is 10.5 Å². The number of nitrogen functional groups attached to an aromatic ring is 1. The van der Waals surface area contributed by atoms with Crippen molar-refractivity contribution in [3.63, 3.8) is 0 Å². The summed E-state index contributed by atoms with van der Waals surface area (Å²) in [5.74, 6) is -1.76. The Labute approximate surface area is 154 Å². The number of hydrogen-bond donors (Lipinski definition) is 1. The summed E-state index contributed by atoms with van der Waals surface area (Å²) in [6.45, 7) is 1.70. The smallest absolute Gasteiger partial charge is 0.338 e. The molecule has 8 nitrogen and oxygen atoms in total. The van der Waals surface area contributed by atoms with E-state index in [4.69, 9.17) is 10.5 Å². The fourth-order valence-corrected chi connectivity index (χ4v) is 2.36. The molecule has 0 aliphatic carbocycles. The Morgan fingerprint density at radius 2 is 2.00 bits per heavy atom. The highest BCUT2D eigenvalue weighted by Crippen LogP contribution is 2.22. The normalized spacial score (nSPS) is 10.3. The lowest BCUT2D eigenvalue weighted by Crippen LogP contribution is -2.34. The van der Waals surface area contributed by atoms with Gasteiger partial charge in [-0.2, -0.15) is 0 Å². The summed E-state index contributed by atoms with van der Waals surface area (Å²) in [5.41, 5.74) is 5.49. The van der Waals surface area contributed by atoms with Gasteiger partial charge in [-0.05, 0) is 36.8 Å². The van der Waals surface area contributed by atoms with Gasteiger partial charge in [0.1, 0.15) is 11.5 Å². The van der Waals surface area contributed by atoms with Gasteiger partial charge in [-0.3, -0.25) is 14.9 Å². The van der Waals surface area contributed by atoms with Gasteiger partial charge in [-0.25, -0.2) is 9.18 Å². The van der Waals surface area contributed by atoms with E-state index >= 15 is 0 Å². The molecule has 0 atom stereocenters. The van der Waals surface area contributed by atoms with Crippen molar-refractivity contribution in [3.8, 4) is 0 Å². The highest BCUT2D eigenvalue weighted by atomic mass is 19.1. The molecule has 2 rings (SSSR count). The summed E-state index contributed by atoms with van der Waals surface area (Å²) in [4.78, 5) is 35.9. The fourth-order valence-electron chi connectivity index (χ4n) is 2.36. The van der Waals surface area contributed by atoms with Crippen molar-refractivity contribution in [2.24, 2.45) is 0 Å². The van der Waals surface area contributed by atoms with Crippen LogP contribution in [0.2, 0.25) is 0 Å². The summed E-state index contributed by atoms with van der Waals surface area (Å²) in [7, 11) is 0. The maximum Gasteiger partial charge on any atom is 0.338 e. The predicted molar refractivity (Wildman–Crippen MR) is 95.3 cm³/mol. The summed E-state index contributed by atoms with van der Waals surface area (Å²) >= 11 is 0. The number of nitro benzene ring substituents is 1. The molecular formula is C18H18FN3O5. The number of hydrogen-bond acceptors (Lipinski definition) is 6. The Kier molecular flexibility index (Phi) is 6.42. The average molecular weight is 375 g/mol. The molecule has 9 heteroatoms. The number of nitrogens with zero attached hydrogens (tertiary/aromatic N) is 2. The number of ether oxygens (including phenoxy) is 1. The number of carbonyl (C=O) groups is 2. The zero-order chi connectivity index (χ0) is 20.0. The van der Waals surface area contributed by atoms with Crippen molar-refractivity contribution in [1.29, 1.82) is 0 Å². The number of amides is 1. The summed E-state index contributed by atoms with van der Waals surface area (Å²) in [6, 6.07) is 9.32. The third kappa shape index (κ3) is 5.24. The van der Waals surface area contributed by atoms with Crippen LogP contribution in [-0.4, -0.2) is 34.9 Å². The number of nitro groups is 1. The SMILES string of the molecule is CCN(Cc1cccc(F)c1)C(=O)COC(=O)c1ccc(N)c([N+](=O)[O-])c1. The molecule has 2 N–H and O–H groups in total. The largest absolute Gasteiger partial charge is 0.452 e. The second kappa shape index (κ2) is 8.75. The topological polar surface area (TPSA) is 116 Å². The molecule has 0 fully saturated rings. The number of nitrogens with two attached hydrogens (primary N) is 1. The number of carbonyl (C=O) groups excluding carboxylic acids is 2. The number of halogens is 1. The zero-order valence-electron chi connectivity index (χ0n) is 14.6. The lowest BCUT2D eigenvalue weighted by Gasteiger charge is -2.21. The van der Waals surface area contributed by atoms with Gasteiger partial charge >= 0.3 is 5.97 Å². The molecule has 27 heavy (non-hydrogen) atoms. The van der Waals surface area contributed by atoms with Crippen molar-refractivity contribution in [3.05, 3.63) is 69.5 Å². The first-order valence-corrected chi connectivity index (χ1v) is 8.05. The van der Waals surface area contributed by atoms with Crippen LogP contribution in [0.15, 0.2) is 42.5 Å². The maximum absolute atomic E-state index is 13.3. The molecule has 2 aromatic rings. The van der Waals surface area contributed by atoms with Gasteiger partial charge in [0.15, 0.2) is 6.61 Å². The maximum atomic E-state index is 13.3. The minimum Gasteiger partial charge on any atom is -0.452 e. The van der Waals surface area contributed by atoms with E-state index in [1.165, 1.54) is 35.2 Å². The molecule has 0 bridgehead atoms. The van der Waals surface area contributed by atoms with Crippen molar-refractivity contribution in [2.75, 3.05) is 18.9 Å². The average Bonchev–Trinajstić information content (AvgIpc) is 2.64. The highest BCUT2D eigenvalue weighted by molar-refractivity contribution is 5.92. The Morgan fingerprint density at radius 3 is 2.63 bits per heavy atom. The van der Waals surface area contributed by atoms with Crippen LogP contribution < -0.4 is 5.73 Å². The molecule has 0 spiro atoms. The van der Waals surface area contributed by atoms with Crippen molar-refractivity contribution in [1.82, 2.24) is 4.90 Å². The number of rotatable bonds is 7. The second-order valence-electron chi connectivity index (χ2n) is 5.64. The van der Waals surface area contributed by atoms with Crippen LogP contribution >= 0.6 is 0 Å². The number of esters is 1. The third-order valence-corrected chi connectivity index (χ3v) is 3.79. The lowest BCUT2D eigenvalue weighted by atomic mass is 10.2. The van der Waals surface area contributed by atoms with E-state index in [0.717, 1.165) is 6.07 Å². The monoisotopic (exact) mass is 375 g/mol. The first kappa shape index (κ1) is 19.8. The molecule has 1 amide bonds. The number of likely N-dealkylation sites (N-methyl/N-ethyl adjacent to an activating group) is 1. The lowest BCUT2D eigenvalue weighted by molar-refractivity contribution is -0.383. The Morgan fingerprint density at radius 1 is 1.26 bits per heavy atom. The van der Waals surface area contributed by atoms with Gasteiger partial charge in [0.2, 0.25) is 0 Å². The molecule has 0 unspecified atom stereocenters. The Balaban J connectivity index is 1.99. The van der Waals surface area contributed by atoms with Crippen molar-refractivity contribution in [2.45, 2.75) is 13.5 Å². The van der Waals surface area contributed by atoms with Crippen LogP contribution in [0.3, 0.4) is 0 Å². The summed E-state index contributed by atoms with van der Waals surface area (Å²) in [6.07, 6.45) is 0. The molecule has 0 aliphatic heterocycles. The first-order valence-electron chi connectivity index (χ1n) is 8.05. The molecular weight excluding hydrogens is 357 g/mol. The van der Waals surface area contributed by atoms with E-state index in [1.807, 2.05) is 0 Å². The van der Waals surface area contributed by atoms with Crippen LogP contribution in [0.1, 0.15) is 22.8 Å². The van der Waals surface area contributed by atoms with E-state index in [1.54, 1.807) is 13.0 Å². The summed E-state index contributed by atoms with van der Waals surface area (Å²) < 4.78 is 18.2. The number of anilines is 1. The van der Waals surface area contributed by atoms with E-state index in [2.05, 4.69) is 0 Å². The molecule has 0 heterocycles. The van der Waals surface area contributed by atoms with Gasteiger partial charge < -0.3 is 15.4 Å². The van der Waals surface area contributed by atoms with Crippen LogP contribution in [0.25, 0.3) is 0 Å². The highest BCUT2D eigenvalue weighted by Gasteiger charge is 2.19. The molecule has 142 valence electrons. The van der Waals surface area contributed by atoms with E-state index in [0.29, 0.717) is 12.1 Å². The third-order valence-electron chi connectivity index (χ3n) is 3.79. The van der Waals surface area contributed by atoms with Crippen LogP contribution in [0, 0.1) is 15.9 Å².